The Bertz CT molecular complexity index is 1810. The van der Waals surface area contributed by atoms with Gasteiger partial charge in [0, 0.05) is 94.2 Å². The lowest BCUT2D eigenvalue weighted by atomic mass is 10.0. The highest BCUT2D eigenvalue weighted by Gasteiger charge is 2.45. The molecule has 2 atom stereocenters. The Balaban J connectivity index is 0.00000480. The molecule has 0 bridgehead atoms. The van der Waals surface area contributed by atoms with Gasteiger partial charge in [0.05, 0.1) is 12.1 Å². The van der Waals surface area contributed by atoms with Gasteiger partial charge in [0.15, 0.2) is 0 Å². The predicted molar refractivity (Wildman–Crippen MR) is 178 cm³/mol. The van der Waals surface area contributed by atoms with Crippen LogP contribution in [0.15, 0.2) is 65.4 Å². The monoisotopic (exact) mass is 705 g/mol. The summed E-state index contributed by atoms with van der Waals surface area (Å²) in [5.41, 5.74) is 1.49. The molecule has 1 aliphatic rings. The molecule has 0 N–H and O–H groups in total. The van der Waals surface area contributed by atoms with Crippen LogP contribution in [0.3, 0.4) is 0 Å². The van der Waals surface area contributed by atoms with Crippen LogP contribution in [0.25, 0.3) is 21.2 Å². The van der Waals surface area contributed by atoms with Crippen LogP contribution in [0.1, 0.15) is 23.5 Å². The Morgan fingerprint density at radius 3 is 2.00 bits per heavy atom. The van der Waals surface area contributed by atoms with Gasteiger partial charge in [-0.3, -0.25) is 19.4 Å². The number of hydrogen-bond donors (Lipinski definition) is 0. The molecule has 3 amide bonds. The van der Waals surface area contributed by atoms with Crippen LogP contribution in [0.4, 0.5) is 0 Å². The van der Waals surface area contributed by atoms with E-state index in [4.69, 9.17) is 11.6 Å². The van der Waals surface area contributed by atoms with E-state index in [0.717, 1.165) is 22.3 Å². The van der Waals surface area contributed by atoms with E-state index < -0.39 is 28.0 Å². The summed E-state index contributed by atoms with van der Waals surface area (Å²) >= 11 is 7.22. The highest BCUT2D eigenvalue weighted by Crippen LogP contribution is 2.35. The van der Waals surface area contributed by atoms with Crippen molar-refractivity contribution in [3.05, 3.63) is 72.0 Å². The highest BCUT2D eigenvalue weighted by atomic mass is 35.5. The van der Waals surface area contributed by atoms with Crippen molar-refractivity contribution < 1.29 is 22.8 Å². The molecule has 5 rings (SSSR count). The van der Waals surface area contributed by atoms with Crippen molar-refractivity contribution in [1.82, 2.24) is 34.0 Å². The quantitative estimate of drug-likeness (QED) is 0.271. The second-order valence-corrected chi connectivity index (χ2v) is 14.8. The molecule has 1 saturated heterocycles. The molecule has 0 saturated carbocycles. The van der Waals surface area contributed by atoms with Crippen LogP contribution in [-0.4, -0.2) is 113 Å². The van der Waals surface area contributed by atoms with Crippen molar-refractivity contribution in [2.24, 2.45) is 0 Å². The summed E-state index contributed by atoms with van der Waals surface area (Å²) in [5, 5.41) is 1.21. The van der Waals surface area contributed by atoms with Gasteiger partial charge in [-0.1, -0.05) is 17.7 Å². The standard InChI is InChI=1S/C30H32ClN7O5S2.ClH/c1-35(2)26(39)13-23-17-37(45(42,43)28-11-20-5-6-22(31)12-25(20)44-28)18-24(14-27(40)36(3)4)38(23)30(41)29-33-15-21(16-34-29)19-7-9-32-10-8-19;/h5-12,15-16,23-24H,13-14,17-18H2,1-4H3;1H. The van der Waals surface area contributed by atoms with Gasteiger partial charge in [-0.2, -0.15) is 4.31 Å². The lowest BCUT2D eigenvalue weighted by molar-refractivity contribution is -0.131. The Labute approximate surface area is 282 Å². The zero-order valence-corrected chi connectivity index (χ0v) is 28.7. The largest absolute Gasteiger partial charge is 0.349 e. The van der Waals surface area contributed by atoms with E-state index in [1.807, 2.05) is 0 Å². The predicted octanol–water partition coefficient (Wildman–Crippen LogP) is 3.67. The van der Waals surface area contributed by atoms with Crippen molar-refractivity contribution in [3.63, 3.8) is 0 Å². The van der Waals surface area contributed by atoms with E-state index in [0.29, 0.717) is 15.3 Å². The third kappa shape index (κ3) is 7.47. The first kappa shape index (κ1) is 35.2. The van der Waals surface area contributed by atoms with Gasteiger partial charge in [-0.15, -0.1) is 23.7 Å². The van der Waals surface area contributed by atoms with Crippen molar-refractivity contribution in [3.8, 4) is 11.1 Å². The zero-order valence-electron chi connectivity index (χ0n) is 25.5. The maximum atomic E-state index is 14.1. The van der Waals surface area contributed by atoms with Crippen LogP contribution in [-0.2, 0) is 19.6 Å². The Morgan fingerprint density at radius 2 is 1.46 bits per heavy atom. The number of aromatic nitrogens is 3. The van der Waals surface area contributed by atoms with Gasteiger partial charge in [0.25, 0.3) is 15.9 Å². The SMILES string of the molecule is CN(C)C(=O)CC1CN(S(=O)(=O)c2cc3ccc(Cl)cc3s2)CC(CC(=O)N(C)C)N1C(=O)c1ncc(-c2ccncc2)cn1.Cl. The number of fused-ring (bicyclic) bond motifs is 1. The summed E-state index contributed by atoms with van der Waals surface area (Å²) in [5.74, 6) is -1.34. The number of rotatable bonds is 8. The maximum absolute atomic E-state index is 14.1. The fraction of sp³-hybridized carbons (Fsp3) is 0.333. The van der Waals surface area contributed by atoms with E-state index in [-0.39, 0.29) is 60.2 Å². The number of sulfonamides is 1. The lowest BCUT2D eigenvalue weighted by Gasteiger charge is -2.45. The number of pyridine rings is 1. The number of hydrogen-bond acceptors (Lipinski definition) is 9. The molecule has 1 aliphatic heterocycles. The van der Waals surface area contributed by atoms with Crippen LogP contribution >= 0.6 is 35.3 Å². The van der Waals surface area contributed by atoms with Gasteiger partial charge >= 0.3 is 0 Å². The van der Waals surface area contributed by atoms with E-state index >= 15 is 0 Å². The smallest absolute Gasteiger partial charge is 0.292 e. The molecule has 3 aromatic heterocycles. The lowest BCUT2D eigenvalue weighted by Crippen LogP contribution is -2.63. The number of benzene rings is 1. The first-order valence-corrected chi connectivity index (χ1v) is 16.6. The minimum Gasteiger partial charge on any atom is -0.349 e. The van der Waals surface area contributed by atoms with E-state index in [9.17, 15) is 22.8 Å². The van der Waals surface area contributed by atoms with Gasteiger partial charge in [-0.25, -0.2) is 18.4 Å². The van der Waals surface area contributed by atoms with E-state index in [1.54, 1.807) is 77.0 Å². The van der Waals surface area contributed by atoms with Gasteiger partial charge in [0.2, 0.25) is 17.6 Å². The highest BCUT2D eigenvalue weighted by molar-refractivity contribution is 7.91. The molecule has 0 radical (unpaired) electrons. The fourth-order valence-electron chi connectivity index (χ4n) is 5.12. The number of thiophene rings is 1. The number of nitrogens with zero attached hydrogens (tertiary/aromatic N) is 7. The third-order valence-corrected chi connectivity index (χ3v) is 11.2. The Kier molecular flexibility index (Phi) is 11.0. The molecule has 0 aliphatic carbocycles. The van der Waals surface area contributed by atoms with Crippen molar-refractivity contribution in [1.29, 1.82) is 0 Å². The molecule has 16 heteroatoms. The van der Waals surface area contributed by atoms with Crippen LogP contribution in [0.2, 0.25) is 5.02 Å². The average Bonchev–Trinajstić information content (AvgIpc) is 3.45. The summed E-state index contributed by atoms with van der Waals surface area (Å²) in [7, 11) is 2.26. The zero-order chi connectivity index (χ0) is 32.5. The molecule has 4 aromatic rings. The molecular weight excluding hydrogens is 673 g/mol. The molecule has 46 heavy (non-hydrogen) atoms. The minimum atomic E-state index is -4.08. The number of carbonyl (C=O) groups is 3. The van der Waals surface area contributed by atoms with Crippen LogP contribution < -0.4 is 0 Å². The summed E-state index contributed by atoms with van der Waals surface area (Å²) in [6, 6.07) is 8.50. The van der Waals surface area contributed by atoms with Gasteiger partial charge < -0.3 is 14.7 Å². The second-order valence-electron chi connectivity index (χ2n) is 11.1. The Morgan fingerprint density at radius 1 is 0.891 bits per heavy atom. The number of amides is 3. The molecule has 1 aromatic carbocycles. The summed E-state index contributed by atoms with van der Waals surface area (Å²) in [4.78, 5) is 57.0. The van der Waals surface area contributed by atoms with Crippen LogP contribution in [0, 0.1) is 0 Å². The molecule has 1 fully saturated rings. The summed E-state index contributed by atoms with van der Waals surface area (Å²) in [6.07, 6.45) is 5.96. The first-order chi connectivity index (χ1) is 21.3. The van der Waals surface area contributed by atoms with Crippen molar-refractivity contribution in [2.75, 3.05) is 41.3 Å². The van der Waals surface area contributed by atoms with E-state index in [1.165, 1.54) is 31.4 Å². The maximum Gasteiger partial charge on any atom is 0.292 e. The number of carbonyl (C=O) groups excluding carboxylic acids is 3. The van der Waals surface area contributed by atoms with Crippen LogP contribution in [0.5, 0.6) is 0 Å². The number of piperazine rings is 1. The molecule has 4 heterocycles. The third-order valence-electron chi connectivity index (χ3n) is 7.58. The average molecular weight is 707 g/mol. The van der Waals surface area contributed by atoms with Gasteiger partial charge in [0.1, 0.15) is 4.21 Å². The van der Waals surface area contributed by atoms with E-state index in [2.05, 4.69) is 15.0 Å². The fourth-order valence-corrected chi connectivity index (χ4v) is 8.47. The topological polar surface area (TPSA) is 137 Å². The molecule has 12 nitrogen and oxygen atoms in total. The molecule has 244 valence electrons. The van der Waals surface area contributed by atoms with Gasteiger partial charge in [-0.05, 0) is 41.3 Å². The normalized spacial score (nSPS) is 16.9. The summed E-state index contributed by atoms with van der Waals surface area (Å²) in [6.45, 7) is -0.325. The number of halogens is 2. The first-order valence-electron chi connectivity index (χ1n) is 14.0. The second kappa shape index (κ2) is 14.4. The minimum absolute atomic E-state index is 0. The van der Waals surface area contributed by atoms with Crippen molar-refractivity contribution in [2.45, 2.75) is 29.1 Å². The summed E-state index contributed by atoms with van der Waals surface area (Å²) < 4.78 is 30.2. The molecule has 2 unspecified atom stereocenters. The Hall–Kier alpha value is -3.69. The molecular formula is C30H33Cl2N7O5S2. The van der Waals surface area contributed by atoms with Crippen molar-refractivity contribution >= 4 is 73.2 Å². The molecule has 0 spiro atoms.